The van der Waals surface area contributed by atoms with Crippen molar-refractivity contribution in [1.82, 2.24) is 14.4 Å². The molecule has 5 nitrogen and oxygen atoms in total. The van der Waals surface area contributed by atoms with Crippen LogP contribution < -0.4 is 10.6 Å². The molecule has 0 aromatic carbocycles. The molecule has 0 spiro atoms. The third kappa shape index (κ3) is 3.12. The van der Waals surface area contributed by atoms with Gasteiger partial charge in [-0.1, -0.05) is 13.8 Å². The van der Waals surface area contributed by atoms with Crippen molar-refractivity contribution in [3.05, 3.63) is 18.6 Å². The van der Waals surface area contributed by atoms with Crippen LogP contribution in [0.4, 0.5) is 11.6 Å². The summed E-state index contributed by atoms with van der Waals surface area (Å²) in [6.07, 6.45) is 10.7. The molecule has 0 saturated heterocycles. The third-order valence-corrected chi connectivity index (χ3v) is 4.41. The number of hydrogen-bond acceptors (Lipinski definition) is 4. The highest BCUT2D eigenvalue weighted by Crippen LogP contribution is 2.36. The van der Waals surface area contributed by atoms with Gasteiger partial charge in [-0.15, -0.1) is 0 Å². The summed E-state index contributed by atoms with van der Waals surface area (Å²) in [6.45, 7) is 7.67. The van der Waals surface area contributed by atoms with Gasteiger partial charge in [-0.3, -0.25) is 0 Å². The summed E-state index contributed by atoms with van der Waals surface area (Å²) in [5.41, 5.74) is 1.39. The molecule has 0 amide bonds. The SMILES string of the molecule is CCNc1cn2ccnc2c(NC2CCC(C)(C)CC2)n1. The van der Waals surface area contributed by atoms with Crippen LogP contribution in [0.1, 0.15) is 46.5 Å². The van der Waals surface area contributed by atoms with Gasteiger partial charge in [0.1, 0.15) is 5.82 Å². The second kappa shape index (κ2) is 5.54. The fourth-order valence-corrected chi connectivity index (χ4v) is 3.03. The second-order valence-corrected chi connectivity index (χ2v) is 6.75. The molecule has 5 heteroatoms. The van der Waals surface area contributed by atoms with Crippen LogP contribution in [0.25, 0.3) is 5.65 Å². The molecule has 21 heavy (non-hydrogen) atoms. The maximum atomic E-state index is 4.69. The summed E-state index contributed by atoms with van der Waals surface area (Å²) in [4.78, 5) is 9.11. The Morgan fingerprint density at radius 1 is 1.33 bits per heavy atom. The normalized spacial score (nSPS) is 18.8. The third-order valence-electron chi connectivity index (χ3n) is 4.41. The first-order valence-corrected chi connectivity index (χ1v) is 7.91. The van der Waals surface area contributed by atoms with Crippen LogP contribution in [-0.2, 0) is 0 Å². The van der Waals surface area contributed by atoms with Crippen molar-refractivity contribution in [2.45, 2.75) is 52.5 Å². The van der Waals surface area contributed by atoms with E-state index in [9.17, 15) is 0 Å². The highest BCUT2D eigenvalue weighted by Gasteiger charge is 2.27. The molecule has 114 valence electrons. The zero-order valence-corrected chi connectivity index (χ0v) is 13.2. The molecule has 3 rings (SSSR count). The van der Waals surface area contributed by atoms with Gasteiger partial charge in [0.2, 0.25) is 0 Å². The average Bonchev–Trinajstić information content (AvgIpc) is 2.90. The predicted octanol–water partition coefficient (Wildman–Crippen LogP) is 3.54. The highest BCUT2D eigenvalue weighted by atomic mass is 15.2. The first kappa shape index (κ1) is 14.2. The summed E-state index contributed by atoms with van der Waals surface area (Å²) in [6, 6.07) is 0.503. The Balaban J connectivity index is 1.81. The number of fused-ring (bicyclic) bond motifs is 1. The first-order chi connectivity index (χ1) is 10.1. The monoisotopic (exact) mass is 287 g/mol. The van der Waals surface area contributed by atoms with Crippen LogP contribution in [0.15, 0.2) is 18.6 Å². The van der Waals surface area contributed by atoms with Crippen LogP contribution in [-0.4, -0.2) is 27.0 Å². The molecule has 2 aromatic rings. The topological polar surface area (TPSA) is 54.2 Å². The Labute approximate surface area is 126 Å². The lowest BCUT2D eigenvalue weighted by Gasteiger charge is -2.34. The van der Waals surface area contributed by atoms with Gasteiger partial charge in [-0.2, -0.15) is 0 Å². The van der Waals surface area contributed by atoms with Crippen molar-refractivity contribution in [1.29, 1.82) is 0 Å². The molecule has 1 fully saturated rings. The zero-order chi connectivity index (χ0) is 14.9. The van der Waals surface area contributed by atoms with Crippen LogP contribution in [0, 0.1) is 5.41 Å². The van der Waals surface area contributed by atoms with Crippen LogP contribution in [0.3, 0.4) is 0 Å². The van der Waals surface area contributed by atoms with E-state index in [1.54, 1.807) is 0 Å². The lowest BCUT2D eigenvalue weighted by atomic mass is 9.75. The molecule has 0 aliphatic heterocycles. The van der Waals surface area contributed by atoms with Crippen LogP contribution in [0.2, 0.25) is 0 Å². The van der Waals surface area contributed by atoms with E-state index in [1.165, 1.54) is 25.7 Å². The van der Waals surface area contributed by atoms with Crippen molar-refractivity contribution in [2.75, 3.05) is 17.2 Å². The molecule has 0 unspecified atom stereocenters. The van der Waals surface area contributed by atoms with Crippen molar-refractivity contribution in [3.8, 4) is 0 Å². The second-order valence-electron chi connectivity index (χ2n) is 6.75. The minimum absolute atomic E-state index is 0.486. The maximum Gasteiger partial charge on any atom is 0.180 e. The van der Waals surface area contributed by atoms with Gasteiger partial charge in [-0.05, 0) is 38.0 Å². The Kier molecular flexibility index (Phi) is 3.74. The number of anilines is 2. The number of rotatable bonds is 4. The molecular weight excluding hydrogens is 262 g/mol. The summed E-state index contributed by atoms with van der Waals surface area (Å²) in [5.74, 6) is 1.78. The van der Waals surface area contributed by atoms with E-state index in [1.807, 2.05) is 23.0 Å². The van der Waals surface area contributed by atoms with E-state index in [0.717, 1.165) is 23.8 Å². The van der Waals surface area contributed by atoms with Gasteiger partial charge < -0.3 is 15.0 Å². The lowest BCUT2D eigenvalue weighted by molar-refractivity contribution is 0.232. The summed E-state index contributed by atoms with van der Waals surface area (Å²) < 4.78 is 2.03. The Morgan fingerprint density at radius 3 is 2.81 bits per heavy atom. The fraction of sp³-hybridized carbons (Fsp3) is 0.625. The zero-order valence-electron chi connectivity index (χ0n) is 13.2. The van der Waals surface area contributed by atoms with Gasteiger partial charge >= 0.3 is 0 Å². The van der Waals surface area contributed by atoms with Gasteiger partial charge in [-0.25, -0.2) is 9.97 Å². The first-order valence-electron chi connectivity index (χ1n) is 7.91. The van der Waals surface area contributed by atoms with Crippen molar-refractivity contribution >= 4 is 17.3 Å². The quantitative estimate of drug-likeness (QED) is 0.903. The lowest BCUT2D eigenvalue weighted by Crippen LogP contribution is -2.30. The fourth-order valence-electron chi connectivity index (χ4n) is 3.03. The smallest absolute Gasteiger partial charge is 0.180 e. The summed E-state index contributed by atoms with van der Waals surface area (Å²) >= 11 is 0. The van der Waals surface area contributed by atoms with E-state index >= 15 is 0 Å². The molecular formula is C16H25N5. The minimum Gasteiger partial charge on any atom is -0.369 e. The van der Waals surface area contributed by atoms with E-state index in [0.29, 0.717) is 11.5 Å². The van der Waals surface area contributed by atoms with E-state index in [4.69, 9.17) is 0 Å². The van der Waals surface area contributed by atoms with Crippen molar-refractivity contribution in [2.24, 2.45) is 5.41 Å². The van der Waals surface area contributed by atoms with Crippen LogP contribution >= 0.6 is 0 Å². The van der Waals surface area contributed by atoms with Crippen molar-refractivity contribution in [3.63, 3.8) is 0 Å². The number of nitrogens with zero attached hydrogens (tertiary/aromatic N) is 3. The van der Waals surface area contributed by atoms with Gasteiger partial charge in [0.25, 0.3) is 0 Å². The number of aromatic nitrogens is 3. The Hall–Kier alpha value is -1.78. The molecule has 2 N–H and O–H groups in total. The molecule has 0 bridgehead atoms. The van der Waals surface area contributed by atoms with Gasteiger partial charge in [0.05, 0.1) is 6.20 Å². The average molecular weight is 287 g/mol. The Morgan fingerprint density at radius 2 is 2.10 bits per heavy atom. The van der Waals surface area contributed by atoms with Crippen LogP contribution in [0.5, 0.6) is 0 Å². The highest BCUT2D eigenvalue weighted by molar-refractivity contribution is 5.65. The van der Waals surface area contributed by atoms with E-state index in [2.05, 4.69) is 41.4 Å². The van der Waals surface area contributed by atoms with Gasteiger partial charge in [0, 0.05) is 25.0 Å². The molecule has 2 heterocycles. The standard InChI is InChI=1S/C16H25N5/c1-4-17-13-11-21-10-9-18-15(21)14(20-13)19-12-5-7-16(2,3)8-6-12/h9-12,17H,4-8H2,1-3H3,(H,19,20). The molecule has 2 aromatic heterocycles. The number of hydrogen-bond donors (Lipinski definition) is 2. The molecule has 1 saturated carbocycles. The van der Waals surface area contributed by atoms with E-state index < -0.39 is 0 Å². The largest absolute Gasteiger partial charge is 0.369 e. The molecule has 0 radical (unpaired) electrons. The molecule has 1 aliphatic rings. The molecule has 0 atom stereocenters. The Bertz CT molecular complexity index is 606. The predicted molar refractivity (Wildman–Crippen MR) is 86.8 cm³/mol. The number of imidazole rings is 1. The van der Waals surface area contributed by atoms with Crippen molar-refractivity contribution < 1.29 is 0 Å². The minimum atomic E-state index is 0.486. The maximum absolute atomic E-state index is 4.69. The number of nitrogens with one attached hydrogen (secondary N) is 2. The summed E-state index contributed by atoms with van der Waals surface area (Å²) in [7, 11) is 0. The van der Waals surface area contributed by atoms with E-state index in [-0.39, 0.29) is 0 Å². The molecule has 1 aliphatic carbocycles. The van der Waals surface area contributed by atoms with Gasteiger partial charge in [0.15, 0.2) is 11.5 Å². The summed E-state index contributed by atoms with van der Waals surface area (Å²) in [5, 5.41) is 6.89.